The average molecular weight is 510 g/mol. The number of nitrogens with zero attached hydrogens (tertiary/aromatic N) is 1. The van der Waals surface area contributed by atoms with Gasteiger partial charge in [-0.15, -0.1) is 0 Å². The van der Waals surface area contributed by atoms with Crippen LogP contribution in [0.3, 0.4) is 0 Å². The lowest BCUT2D eigenvalue weighted by Crippen LogP contribution is -2.47. The summed E-state index contributed by atoms with van der Waals surface area (Å²) >= 11 is 0. The van der Waals surface area contributed by atoms with Gasteiger partial charge in [0, 0.05) is 30.7 Å². The molecule has 37 heavy (non-hydrogen) atoms. The molecule has 0 unspecified atom stereocenters. The number of piperidine rings is 1. The molecule has 0 bridgehead atoms. The molecule has 5 rings (SSSR count). The maximum absolute atomic E-state index is 12.6. The number of benzene rings is 3. The predicted molar refractivity (Wildman–Crippen MR) is 156 cm³/mol. The highest BCUT2D eigenvalue weighted by Gasteiger charge is 2.48. The first kappa shape index (κ1) is 25.6. The minimum Gasteiger partial charge on any atom is -0.321 e. The third kappa shape index (κ3) is 5.95. The number of hydrogen-bond donors (Lipinski definition) is 1. The molecule has 1 N–H and O–H groups in total. The van der Waals surface area contributed by atoms with Gasteiger partial charge in [0.15, 0.2) is 0 Å². The summed E-state index contributed by atoms with van der Waals surface area (Å²) in [6.45, 7) is 12.0. The van der Waals surface area contributed by atoms with Crippen molar-refractivity contribution in [2.75, 3.05) is 13.1 Å². The predicted octanol–water partition coefficient (Wildman–Crippen LogP) is 6.18. The molecule has 0 spiro atoms. The molecule has 3 aromatic carbocycles. The molecule has 0 aliphatic carbocycles. The number of aromatic nitrogens is 1. The molecule has 2 heterocycles. The lowest BCUT2D eigenvalue weighted by molar-refractivity contribution is 0.0936. The van der Waals surface area contributed by atoms with Gasteiger partial charge in [0.1, 0.15) is 10.2 Å². The van der Waals surface area contributed by atoms with Gasteiger partial charge < -0.3 is 4.98 Å². The molecule has 0 atom stereocenters. The van der Waals surface area contributed by atoms with E-state index in [1.165, 1.54) is 10.8 Å². The molecule has 1 fully saturated rings. The molecule has 1 aliphatic heterocycles. The van der Waals surface area contributed by atoms with Crippen LogP contribution >= 0.6 is 0 Å². The van der Waals surface area contributed by atoms with Crippen LogP contribution in [-0.4, -0.2) is 38.1 Å². The molecule has 190 valence electrons. The van der Waals surface area contributed by atoms with E-state index in [1.54, 1.807) is 0 Å². The van der Waals surface area contributed by atoms with Crippen molar-refractivity contribution in [3.63, 3.8) is 0 Å². The Kier molecular flexibility index (Phi) is 7.47. The normalized spacial score (nSPS) is 15.2. The Balaban J connectivity index is 1.20. The highest BCUT2D eigenvalue weighted by Crippen LogP contribution is 2.30. The molecular weight excluding hydrogens is 472 g/mol. The number of aromatic amines is 1. The smallest absolute Gasteiger partial charge is 0.321 e. The van der Waals surface area contributed by atoms with E-state index in [1.807, 2.05) is 12.1 Å². The molecule has 4 aromatic rings. The van der Waals surface area contributed by atoms with Crippen LogP contribution in [0.4, 0.5) is 0 Å². The van der Waals surface area contributed by atoms with Crippen LogP contribution in [0.15, 0.2) is 83.7 Å². The Labute approximate surface area is 222 Å². The van der Waals surface area contributed by atoms with Gasteiger partial charge in [-0.2, -0.15) is 0 Å². The largest absolute Gasteiger partial charge is 0.517 e. The fourth-order valence-electron chi connectivity index (χ4n) is 5.26. The maximum Gasteiger partial charge on any atom is 0.517 e. The summed E-state index contributed by atoms with van der Waals surface area (Å²) in [4.78, 5) is 18.2. The first-order valence-corrected chi connectivity index (χ1v) is 14.7. The van der Waals surface area contributed by atoms with Gasteiger partial charge in [-0.25, -0.2) is 4.43 Å². The van der Waals surface area contributed by atoms with Crippen LogP contribution in [0.2, 0.25) is 5.04 Å². The highest BCUT2D eigenvalue weighted by atomic mass is 28.3. The Hall–Kier alpha value is -2.99. The monoisotopic (exact) mass is 509 g/mol. The van der Waals surface area contributed by atoms with Gasteiger partial charge in [0.25, 0.3) is 5.56 Å². The third-order valence-corrected chi connectivity index (χ3v) is 10.1. The first-order chi connectivity index (χ1) is 17.8. The van der Waals surface area contributed by atoms with Crippen molar-refractivity contribution in [1.82, 2.24) is 9.88 Å². The second-order valence-electron chi connectivity index (χ2n) is 11.3. The Morgan fingerprint density at radius 3 is 2.30 bits per heavy atom. The minimum atomic E-state index is -1.11. The lowest BCUT2D eigenvalue weighted by Gasteiger charge is -2.31. The summed E-state index contributed by atoms with van der Waals surface area (Å²) in [6, 6.07) is 27.4. The molecule has 4 nitrogen and oxygen atoms in total. The van der Waals surface area contributed by atoms with E-state index in [4.69, 9.17) is 4.43 Å². The summed E-state index contributed by atoms with van der Waals surface area (Å²) in [5, 5.41) is 3.27. The van der Waals surface area contributed by atoms with Gasteiger partial charge in [0.2, 0.25) is 0 Å². The van der Waals surface area contributed by atoms with Crippen molar-refractivity contribution in [2.24, 2.45) is 0 Å². The van der Waals surface area contributed by atoms with Crippen LogP contribution < -0.4 is 10.7 Å². The number of fused-ring (bicyclic) bond motifs is 1. The van der Waals surface area contributed by atoms with E-state index in [0.29, 0.717) is 6.10 Å². The molecule has 0 saturated carbocycles. The van der Waals surface area contributed by atoms with Crippen LogP contribution in [-0.2, 0) is 11.0 Å². The molecule has 1 aromatic heterocycles. The summed E-state index contributed by atoms with van der Waals surface area (Å²) in [5.74, 6) is 0. The zero-order valence-electron chi connectivity index (χ0n) is 22.4. The molecular formula is C32H37N2O2Si+. The molecule has 5 heteroatoms. The van der Waals surface area contributed by atoms with Crippen molar-refractivity contribution in [3.8, 4) is 11.3 Å². The number of nitrogens with one attached hydrogen (secondary N) is 1. The Morgan fingerprint density at radius 2 is 1.62 bits per heavy atom. The van der Waals surface area contributed by atoms with Crippen LogP contribution in [0.1, 0.15) is 44.7 Å². The topological polar surface area (TPSA) is 45.3 Å². The van der Waals surface area contributed by atoms with Crippen molar-refractivity contribution in [3.05, 3.63) is 100 Å². The van der Waals surface area contributed by atoms with Crippen molar-refractivity contribution < 1.29 is 4.43 Å². The third-order valence-electron chi connectivity index (χ3n) is 7.31. The number of H-pyrrole nitrogens is 1. The molecule has 0 radical (unpaired) electrons. The summed E-state index contributed by atoms with van der Waals surface area (Å²) < 4.78 is 6.80. The number of aryl methyl sites for hydroxylation is 1. The van der Waals surface area contributed by atoms with E-state index in [9.17, 15) is 4.79 Å². The van der Waals surface area contributed by atoms with Gasteiger partial charge in [-0.1, -0.05) is 54.6 Å². The molecule has 1 saturated heterocycles. The van der Waals surface area contributed by atoms with Crippen LogP contribution in [0, 0.1) is 6.92 Å². The summed E-state index contributed by atoms with van der Waals surface area (Å²) in [6.07, 6.45) is 2.49. The van der Waals surface area contributed by atoms with Crippen molar-refractivity contribution in [1.29, 1.82) is 0 Å². The second kappa shape index (κ2) is 10.8. The fraction of sp³-hybridized carbons (Fsp3) is 0.344. The standard InChI is InChI=1S/C32H36N2O2Si/c1-23-9-8-12-28-29(23)21-30(33-31(28)35)25-15-13-24(14-16-25)22-34-19-17-26(18-20-34)36-37(32(2,3)4)27-10-6-5-7-11-27/h5-16,21,26H,17-20,22H2,1-4H3/p+1. The number of hydrogen-bond acceptors (Lipinski definition) is 3. The Bertz CT molecular complexity index is 1400. The van der Waals surface area contributed by atoms with Crippen molar-refractivity contribution in [2.45, 2.75) is 58.2 Å². The Morgan fingerprint density at radius 1 is 0.919 bits per heavy atom. The molecule has 1 aliphatic rings. The van der Waals surface area contributed by atoms with Gasteiger partial charge in [-0.3, -0.25) is 9.69 Å². The van der Waals surface area contributed by atoms with Gasteiger partial charge >= 0.3 is 9.04 Å². The highest BCUT2D eigenvalue weighted by molar-refractivity contribution is 6.70. The van der Waals surface area contributed by atoms with E-state index in [-0.39, 0.29) is 10.6 Å². The average Bonchev–Trinajstić information content (AvgIpc) is 2.89. The van der Waals surface area contributed by atoms with E-state index in [0.717, 1.165) is 60.1 Å². The zero-order valence-corrected chi connectivity index (χ0v) is 23.4. The van der Waals surface area contributed by atoms with Crippen molar-refractivity contribution >= 4 is 25.0 Å². The van der Waals surface area contributed by atoms with Gasteiger partial charge in [0.05, 0.1) is 6.10 Å². The van der Waals surface area contributed by atoms with Gasteiger partial charge in [-0.05, 0) is 86.9 Å². The lowest BCUT2D eigenvalue weighted by atomic mass is 10.0. The quantitative estimate of drug-likeness (QED) is 0.316. The van der Waals surface area contributed by atoms with E-state index < -0.39 is 9.04 Å². The van der Waals surface area contributed by atoms with E-state index in [2.05, 4.69) is 104 Å². The first-order valence-electron chi connectivity index (χ1n) is 13.3. The zero-order chi connectivity index (χ0) is 26.0. The fourth-order valence-corrected chi connectivity index (χ4v) is 7.68. The SMILES string of the molecule is Cc1cccc2c(=O)[nH]c(-c3ccc(CN4CCC(O[Si+](c5ccccc5)C(C)(C)C)CC4)cc3)cc12. The maximum atomic E-state index is 12.6. The minimum absolute atomic E-state index is 0.0337. The number of rotatable bonds is 6. The number of likely N-dealkylation sites (tertiary alicyclic amines) is 1. The van der Waals surface area contributed by atoms with Crippen LogP contribution in [0.5, 0.6) is 0 Å². The summed E-state index contributed by atoms with van der Waals surface area (Å²) in [7, 11) is -1.11. The van der Waals surface area contributed by atoms with E-state index >= 15 is 0 Å². The van der Waals surface area contributed by atoms with Crippen LogP contribution in [0.25, 0.3) is 22.0 Å². The summed E-state index contributed by atoms with van der Waals surface area (Å²) in [5.41, 5.74) is 4.29. The second-order valence-corrected chi connectivity index (χ2v) is 14.3. The number of pyridine rings is 1. The molecule has 0 amide bonds.